The third kappa shape index (κ3) is 3.15. The van der Waals surface area contributed by atoms with Crippen molar-refractivity contribution in [1.82, 2.24) is 10.2 Å². The molecule has 1 N–H and O–H groups in total. The minimum Gasteiger partial charge on any atom is -0.493 e. The summed E-state index contributed by atoms with van der Waals surface area (Å²) in [6.45, 7) is 5.73. The van der Waals surface area contributed by atoms with Crippen molar-refractivity contribution in [2.75, 3.05) is 39.8 Å². The summed E-state index contributed by atoms with van der Waals surface area (Å²) < 4.78 is 5.77. The van der Waals surface area contributed by atoms with Gasteiger partial charge < -0.3 is 15.0 Å². The molecule has 1 saturated heterocycles. The summed E-state index contributed by atoms with van der Waals surface area (Å²) >= 11 is 0. The summed E-state index contributed by atoms with van der Waals surface area (Å²) in [5, 5.41) is 3.33. The van der Waals surface area contributed by atoms with Crippen LogP contribution in [0.25, 0.3) is 0 Å². The van der Waals surface area contributed by atoms with Gasteiger partial charge in [0.2, 0.25) is 0 Å². The van der Waals surface area contributed by atoms with Crippen LogP contribution < -0.4 is 10.1 Å². The van der Waals surface area contributed by atoms with Gasteiger partial charge in [0.15, 0.2) is 0 Å². The van der Waals surface area contributed by atoms with Crippen LogP contribution in [0, 0.1) is 5.92 Å². The molecule has 3 nitrogen and oxygen atoms in total. The maximum atomic E-state index is 5.77. The Morgan fingerprint density at radius 1 is 1.30 bits per heavy atom. The van der Waals surface area contributed by atoms with E-state index in [4.69, 9.17) is 4.74 Å². The summed E-state index contributed by atoms with van der Waals surface area (Å²) in [7, 11) is 2.06. The molecule has 0 bridgehead atoms. The second-order valence-electron chi connectivity index (χ2n) is 6.20. The van der Waals surface area contributed by atoms with E-state index in [0.29, 0.717) is 5.92 Å². The second-order valence-corrected chi connectivity index (χ2v) is 6.20. The molecule has 1 fully saturated rings. The van der Waals surface area contributed by atoms with Crippen molar-refractivity contribution in [2.45, 2.75) is 25.2 Å². The van der Waals surface area contributed by atoms with Gasteiger partial charge in [0, 0.05) is 19.0 Å². The van der Waals surface area contributed by atoms with Crippen LogP contribution in [0.2, 0.25) is 0 Å². The lowest BCUT2D eigenvalue weighted by molar-refractivity contribution is 0.151. The Hall–Kier alpha value is -1.06. The average molecular weight is 274 g/mol. The van der Waals surface area contributed by atoms with E-state index < -0.39 is 0 Å². The predicted molar refractivity (Wildman–Crippen MR) is 82.4 cm³/mol. The highest BCUT2D eigenvalue weighted by Gasteiger charge is 2.26. The second kappa shape index (κ2) is 6.59. The number of fused-ring (bicyclic) bond motifs is 1. The minimum atomic E-state index is 0.647. The maximum absolute atomic E-state index is 5.77. The van der Waals surface area contributed by atoms with Gasteiger partial charge in [-0.15, -0.1) is 0 Å². The molecule has 0 radical (unpaired) electrons. The van der Waals surface area contributed by atoms with Crippen molar-refractivity contribution in [2.24, 2.45) is 5.92 Å². The van der Waals surface area contributed by atoms with Crippen molar-refractivity contribution in [3.8, 4) is 5.75 Å². The van der Waals surface area contributed by atoms with Crippen molar-refractivity contribution in [3.63, 3.8) is 0 Å². The van der Waals surface area contributed by atoms with E-state index in [1.807, 2.05) is 0 Å². The molecule has 0 saturated carbocycles. The lowest BCUT2D eigenvalue weighted by atomic mass is 9.90. The standard InChI is InChI=1S/C17H26N2O/c1-18-11-14-5-4-9-19(12-14)13-15-8-10-20-17-7-3-2-6-16(15)17/h2-3,6-7,14-15,18H,4-5,8-13H2,1H3. The van der Waals surface area contributed by atoms with Crippen LogP contribution in [0.3, 0.4) is 0 Å². The molecule has 0 amide bonds. The number of hydrogen-bond donors (Lipinski definition) is 1. The van der Waals surface area contributed by atoms with Crippen LogP contribution in [0.4, 0.5) is 0 Å². The van der Waals surface area contributed by atoms with Gasteiger partial charge in [0.25, 0.3) is 0 Å². The minimum absolute atomic E-state index is 0.647. The molecule has 2 heterocycles. The molecule has 0 aromatic heterocycles. The fraction of sp³-hybridized carbons (Fsp3) is 0.647. The number of likely N-dealkylation sites (tertiary alicyclic amines) is 1. The van der Waals surface area contributed by atoms with Crippen LogP contribution in [0.15, 0.2) is 24.3 Å². The molecule has 1 aromatic carbocycles. The molecule has 3 rings (SSSR count). The first-order valence-corrected chi connectivity index (χ1v) is 7.95. The van der Waals surface area contributed by atoms with Gasteiger partial charge >= 0.3 is 0 Å². The fourth-order valence-electron chi connectivity index (χ4n) is 3.69. The van der Waals surface area contributed by atoms with Crippen LogP contribution in [-0.2, 0) is 0 Å². The Morgan fingerprint density at radius 2 is 2.20 bits per heavy atom. The average Bonchev–Trinajstić information content (AvgIpc) is 2.48. The zero-order valence-electron chi connectivity index (χ0n) is 12.5. The summed E-state index contributed by atoms with van der Waals surface area (Å²) in [5.41, 5.74) is 1.41. The number of hydrogen-bond acceptors (Lipinski definition) is 3. The summed E-state index contributed by atoms with van der Waals surface area (Å²) in [4.78, 5) is 2.66. The summed E-state index contributed by atoms with van der Waals surface area (Å²) in [6, 6.07) is 8.57. The molecule has 2 aliphatic heterocycles. The van der Waals surface area contributed by atoms with E-state index in [9.17, 15) is 0 Å². The number of rotatable bonds is 4. The van der Waals surface area contributed by atoms with Crippen molar-refractivity contribution >= 4 is 0 Å². The predicted octanol–water partition coefficient (Wildman–Crippen LogP) is 2.48. The number of benzene rings is 1. The third-order valence-electron chi connectivity index (χ3n) is 4.66. The van der Waals surface area contributed by atoms with Crippen molar-refractivity contribution in [1.29, 1.82) is 0 Å². The van der Waals surface area contributed by atoms with Gasteiger partial charge in [-0.25, -0.2) is 0 Å². The number of nitrogens with zero attached hydrogens (tertiary/aromatic N) is 1. The first-order valence-electron chi connectivity index (χ1n) is 7.95. The zero-order chi connectivity index (χ0) is 13.8. The SMILES string of the molecule is CNCC1CCCN(CC2CCOc3ccccc32)C1. The third-order valence-corrected chi connectivity index (χ3v) is 4.66. The quantitative estimate of drug-likeness (QED) is 0.913. The number of ether oxygens (including phenoxy) is 1. The zero-order valence-corrected chi connectivity index (χ0v) is 12.5. The van der Waals surface area contributed by atoms with Crippen molar-refractivity contribution in [3.05, 3.63) is 29.8 Å². The molecule has 1 aromatic rings. The van der Waals surface area contributed by atoms with Gasteiger partial charge in [-0.2, -0.15) is 0 Å². The summed E-state index contributed by atoms with van der Waals surface area (Å²) in [6.07, 6.45) is 3.88. The molecule has 20 heavy (non-hydrogen) atoms. The highest BCUT2D eigenvalue weighted by Crippen LogP contribution is 2.34. The fourth-order valence-corrected chi connectivity index (χ4v) is 3.69. The van der Waals surface area contributed by atoms with Crippen LogP contribution in [0.1, 0.15) is 30.7 Å². The van der Waals surface area contributed by atoms with E-state index in [2.05, 4.69) is 41.5 Å². The number of para-hydroxylation sites is 1. The number of piperidine rings is 1. The van der Waals surface area contributed by atoms with Crippen LogP contribution in [-0.4, -0.2) is 44.7 Å². The van der Waals surface area contributed by atoms with E-state index in [-0.39, 0.29) is 0 Å². The van der Waals surface area contributed by atoms with Crippen molar-refractivity contribution < 1.29 is 4.74 Å². The van der Waals surface area contributed by atoms with Gasteiger partial charge in [-0.05, 0) is 56.9 Å². The topological polar surface area (TPSA) is 24.5 Å². The molecular weight excluding hydrogens is 248 g/mol. The molecule has 110 valence electrons. The van der Waals surface area contributed by atoms with Gasteiger partial charge in [0.05, 0.1) is 6.61 Å². The van der Waals surface area contributed by atoms with Crippen LogP contribution in [0.5, 0.6) is 5.75 Å². The van der Waals surface area contributed by atoms with E-state index >= 15 is 0 Å². The number of nitrogens with one attached hydrogen (secondary N) is 1. The van der Waals surface area contributed by atoms with Gasteiger partial charge in [-0.3, -0.25) is 0 Å². The Bertz CT molecular complexity index is 433. The molecule has 2 aliphatic rings. The smallest absolute Gasteiger partial charge is 0.122 e. The van der Waals surface area contributed by atoms with E-state index in [0.717, 1.165) is 31.2 Å². The Balaban J connectivity index is 1.63. The molecule has 3 heteroatoms. The first kappa shape index (κ1) is 13.9. The van der Waals surface area contributed by atoms with Gasteiger partial charge in [-0.1, -0.05) is 18.2 Å². The summed E-state index contributed by atoms with van der Waals surface area (Å²) in [5.74, 6) is 2.57. The van der Waals surface area contributed by atoms with Gasteiger partial charge in [0.1, 0.15) is 5.75 Å². The highest BCUT2D eigenvalue weighted by atomic mass is 16.5. The molecule has 0 spiro atoms. The molecule has 2 atom stereocenters. The van der Waals surface area contributed by atoms with Crippen LogP contribution >= 0.6 is 0 Å². The monoisotopic (exact) mass is 274 g/mol. The molecule has 0 aliphatic carbocycles. The van der Waals surface area contributed by atoms with E-state index in [1.165, 1.54) is 38.0 Å². The van der Waals surface area contributed by atoms with E-state index in [1.54, 1.807) is 0 Å². The first-order chi connectivity index (χ1) is 9.86. The lowest BCUT2D eigenvalue weighted by Gasteiger charge is -2.36. The Morgan fingerprint density at radius 3 is 3.10 bits per heavy atom. The highest BCUT2D eigenvalue weighted by molar-refractivity contribution is 5.37. The largest absolute Gasteiger partial charge is 0.493 e. The molecule has 2 unspecified atom stereocenters. The Labute approximate surface area is 122 Å². The molecular formula is C17H26N2O. The Kier molecular flexibility index (Phi) is 4.58. The lowest BCUT2D eigenvalue weighted by Crippen LogP contribution is -2.41. The normalized spacial score (nSPS) is 26.9. The maximum Gasteiger partial charge on any atom is 0.122 e.